The van der Waals surface area contributed by atoms with Gasteiger partial charge in [0.15, 0.2) is 0 Å². The van der Waals surface area contributed by atoms with Gasteiger partial charge >= 0.3 is 0 Å². The summed E-state index contributed by atoms with van der Waals surface area (Å²) in [7, 11) is 1.98. The molecular weight excluding hydrogens is 514 g/mol. The molecule has 1 aliphatic heterocycles. The Morgan fingerprint density at radius 1 is 0.974 bits per heavy atom. The Bertz CT molecular complexity index is 1560. The van der Waals surface area contributed by atoms with Crippen LogP contribution in [0.5, 0.6) is 11.6 Å². The highest BCUT2D eigenvalue weighted by molar-refractivity contribution is 7.92. The zero-order valence-corrected chi connectivity index (χ0v) is 23.6. The molecule has 1 aliphatic rings. The number of hydrogen-bond acceptors (Lipinski definition) is 8. The minimum atomic E-state index is -3.95. The summed E-state index contributed by atoms with van der Waals surface area (Å²) in [6.07, 6.45) is 2.69. The third-order valence-electron chi connectivity index (χ3n) is 7.00. The SMILES string of the molecule is Cc1cccc(C)c1-c1cc(Oc2ccc(C3CN(C)CCN3C)cc2)nc(NS(=O)(=O)c2cnn(C)c2)n1. The van der Waals surface area contributed by atoms with Gasteiger partial charge in [-0.1, -0.05) is 30.3 Å². The van der Waals surface area contributed by atoms with E-state index < -0.39 is 10.0 Å². The second-order valence-corrected chi connectivity index (χ2v) is 11.7. The molecule has 1 unspecified atom stereocenters. The van der Waals surface area contributed by atoms with Crippen molar-refractivity contribution in [2.24, 2.45) is 7.05 Å². The first-order valence-corrected chi connectivity index (χ1v) is 14.2. The van der Waals surface area contributed by atoms with Crippen LogP contribution in [-0.2, 0) is 17.1 Å². The number of rotatable bonds is 7. The monoisotopic (exact) mass is 547 g/mol. The van der Waals surface area contributed by atoms with Crippen molar-refractivity contribution in [1.82, 2.24) is 29.5 Å². The zero-order valence-electron chi connectivity index (χ0n) is 22.8. The molecule has 39 heavy (non-hydrogen) atoms. The van der Waals surface area contributed by atoms with Gasteiger partial charge in [0.05, 0.1) is 11.9 Å². The third-order valence-corrected chi connectivity index (χ3v) is 8.28. The second-order valence-electron chi connectivity index (χ2n) is 10.1. The summed E-state index contributed by atoms with van der Waals surface area (Å²) >= 11 is 0. The standard InChI is InChI=1S/C28H33N7O3S/c1-19-7-6-8-20(2)27(19)24-15-26(31-28(30-24)32-39(36,37)23-16-29-35(5)17-23)38-22-11-9-21(10-12-22)25-18-33(3)13-14-34(25)4/h6-12,15-17,25H,13-14,18H2,1-5H3,(H,30,31,32). The molecule has 0 saturated carbocycles. The molecule has 4 aromatic rings. The highest BCUT2D eigenvalue weighted by atomic mass is 32.2. The number of hydrogen-bond donors (Lipinski definition) is 1. The van der Waals surface area contributed by atoms with Gasteiger partial charge in [0.25, 0.3) is 10.0 Å². The first-order valence-electron chi connectivity index (χ1n) is 12.7. The normalized spacial score (nSPS) is 16.8. The van der Waals surface area contributed by atoms with E-state index in [9.17, 15) is 8.42 Å². The largest absolute Gasteiger partial charge is 0.439 e. The van der Waals surface area contributed by atoms with Crippen molar-refractivity contribution in [1.29, 1.82) is 0 Å². The van der Waals surface area contributed by atoms with Crippen LogP contribution in [0.25, 0.3) is 11.3 Å². The van der Waals surface area contributed by atoms with Gasteiger partial charge in [0, 0.05) is 50.6 Å². The number of anilines is 1. The third kappa shape index (κ3) is 5.95. The summed E-state index contributed by atoms with van der Waals surface area (Å²) in [5.74, 6) is 0.740. The van der Waals surface area contributed by atoms with Gasteiger partial charge < -0.3 is 9.64 Å². The number of nitrogens with zero attached hydrogens (tertiary/aromatic N) is 6. The summed E-state index contributed by atoms with van der Waals surface area (Å²) < 4.78 is 36.1. The Morgan fingerprint density at radius 3 is 2.36 bits per heavy atom. The first kappa shape index (κ1) is 26.8. The van der Waals surface area contributed by atoms with Gasteiger partial charge in [0.2, 0.25) is 11.8 Å². The van der Waals surface area contributed by atoms with Crippen LogP contribution < -0.4 is 9.46 Å². The van der Waals surface area contributed by atoms with Crippen molar-refractivity contribution in [3.63, 3.8) is 0 Å². The van der Waals surface area contributed by atoms with Gasteiger partial charge in [0.1, 0.15) is 10.6 Å². The zero-order chi connectivity index (χ0) is 27.7. The molecule has 2 aromatic heterocycles. The summed E-state index contributed by atoms with van der Waals surface area (Å²) in [4.78, 5) is 13.7. The maximum Gasteiger partial charge on any atom is 0.267 e. The van der Waals surface area contributed by atoms with E-state index in [-0.39, 0.29) is 16.7 Å². The van der Waals surface area contributed by atoms with Gasteiger partial charge in [-0.15, -0.1) is 0 Å². The summed E-state index contributed by atoms with van der Waals surface area (Å²) in [5, 5.41) is 3.96. The van der Waals surface area contributed by atoms with Gasteiger partial charge in [-0.05, 0) is 56.8 Å². The van der Waals surface area contributed by atoms with Gasteiger partial charge in [-0.25, -0.2) is 18.1 Å². The molecule has 3 heterocycles. The summed E-state index contributed by atoms with van der Waals surface area (Å²) in [6, 6.07) is 15.9. The van der Waals surface area contributed by atoms with Crippen LogP contribution in [0.2, 0.25) is 0 Å². The molecule has 11 heteroatoms. The smallest absolute Gasteiger partial charge is 0.267 e. The van der Waals surface area contributed by atoms with E-state index in [1.807, 2.05) is 44.2 Å². The average molecular weight is 548 g/mol. The minimum Gasteiger partial charge on any atom is -0.439 e. The molecule has 1 saturated heterocycles. The molecule has 1 N–H and O–H groups in total. The minimum absolute atomic E-state index is 0.0162. The van der Waals surface area contributed by atoms with Gasteiger partial charge in [-0.3, -0.25) is 9.58 Å². The molecule has 0 aliphatic carbocycles. The number of piperazine rings is 1. The van der Waals surface area contributed by atoms with E-state index in [1.54, 1.807) is 13.1 Å². The van der Waals surface area contributed by atoms with Crippen molar-refractivity contribution in [3.05, 3.63) is 77.6 Å². The number of likely N-dealkylation sites (N-methyl/N-ethyl adjacent to an activating group) is 2. The Morgan fingerprint density at radius 2 is 1.69 bits per heavy atom. The van der Waals surface area contributed by atoms with Crippen LogP contribution in [0.1, 0.15) is 22.7 Å². The van der Waals surface area contributed by atoms with E-state index >= 15 is 0 Å². The molecule has 5 rings (SSSR count). The molecule has 204 valence electrons. The lowest BCUT2D eigenvalue weighted by atomic mass is 10.00. The van der Waals surface area contributed by atoms with E-state index in [0.717, 1.165) is 36.3 Å². The van der Waals surface area contributed by atoms with Gasteiger partial charge in [-0.2, -0.15) is 10.1 Å². The van der Waals surface area contributed by atoms with Crippen LogP contribution in [0.3, 0.4) is 0 Å². The van der Waals surface area contributed by atoms with E-state index in [1.165, 1.54) is 22.6 Å². The van der Waals surface area contributed by atoms with E-state index in [2.05, 4.69) is 55.8 Å². The second kappa shape index (κ2) is 10.8. The lowest BCUT2D eigenvalue weighted by molar-refractivity contribution is 0.115. The molecule has 0 bridgehead atoms. The highest BCUT2D eigenvalue weighted by Crippen LogP contribution is 2.32. The van der Waals surface area contributed by atoms with Crippen molar-refractivity contribution < 1.29 is 13.2 Å². The van der Waals surface area contributed by atoms with E-state index in [4.69, 9.17) is 4.74 Å². The summed E-state index contributed by atoms with van der Waals surface area (Å²) in [5.41, 5.74) is 4.67. The van der Waals surface area contributed by atoms with Crippen LogP contribution in [0.4, 0.5) is 5.95 Å². The molecule has 0 radical (unpaired) electrons. The van der Waals surface area contributed by atoms with E-state index in [0.29, 0.717) is 17.5 Å². The first-order chi connectivity index (χ1) is 18.6. The topological polar surface area (TPSA) is 105 Å². The lowest BCUT2D eigenvalue weighted by Gasteiger charge is -2.38. The van der Waals surface area contributed by atoms with Crippen LogP contribution in [0, 0.1) is 13.8 Å². The number of aryl methyl sites for hydroxylation is 3. The van der Waals surface area contributed by atoms with Crippen LogP contribution in [-0.4, -0.2) is 71.7 Å². The number of ether oxygens (including phenoxy) is 1. The van der Waals surface area contributed by atoms with Crippen LogP contribution in [0.15, 0.2) is 65.8 Å². The quantitative estimate of drug-likeness (QED) is 0.370. The predicted octanol–water partition coefficient (Wildman–Crippen LogP) is 4.01. The molecule has 1 fully saturated rings. The molecular formula is C28H33N7O3S. The molecule has 2 aromatic carbocycles. The lowest BCUT2D eigenvalue weighted by Crippen LogP contribution is -2.44. The highest BCUT2D eigenvalue weighted by Gasteiger charge is 2.24. The fraction of sp³-hybridized carbons (Fsp3) is 0.321. The maximum absolute atomic E-state index is 13.0. The molecule has 10 nitrogen and oxygen atoms in total. The molecule has 1 atom stereocenters. The number of sulfonamides is 1. The number of benzene rings is 2. The van der Waals surface area contributed by atoms with Crippen molar-refractivity contribution in [2.75, 3.05) is 38.5 Å². The van der Waals surface area contributed by atoms with Crippen molar-refractivity contribution >= 4 is 16.0 Å². The predicted molar refractivity (Wildman–Crippen MR) is 150 cm³/mol. The Balaban J connectivity index is 1.48. The molecule has 0 amide bonds. The summed E-state index contributed by atoms with van der Waals surface area (Å²) in [6.45, 7) is 7.00. The Kier molecular flexibility index (Phi) is 7.39. The fourth-order valence-electron chi connectivity index (χ4n) is 4.83. The van der Waals surface area contributed by atoms with Crippen molar-refractivity contribution in [3.8, 4) is 22.9 Å². The molecule has 0 spiro atoms. The maximum atomic E-state index is 13.0. The number of aromatic nitrogens is 4. The van der Waals surface area contributed by atoms with Crippen LogP contribution >= 0.6 is 0 Å². The average Bonchev–Trinajstić information content (AvgIpc) is 3.33. The Labute approximate surface area is 229 Å². The fourth-order valence-corrected chi connectivity index (χ4v) is 5.76. The Hall–Kier alpha value is -3.80. The number of nitrogens with one attached hydrogen (secondary N) is 1. The van der Waals surface area contributed by atoms with Crippen molar-refractivity contribution in [2.45, 2.75) is 24.8 Å².